The first-order valence-corrected chi connectivity index (χ1v) is 12.0. The first-order valence-electron chi connectivity index (χ1n) is 12.0. The summed E-state index contributed by atoms with van der Waals surface area (Å²) in [5.41, 5.74) is 3.70. The third-order valence-electron chi connectivity index (χ3n) is 6.51. The molecule has 0 atom stereocenters. The molecule has 3 aromatic rings. The van der Waals surface area contributed by atoms with Gasteiger partial charge in [-0.2, -0.15) is 10.2 Å². The van der Waals surface area contributed by atoms with Crippen molar-refractivity contribution in [2.24, 2.45) is 0 Å². The summed E-state index contributed by atoms with van der Waals surface area (Å²) < 4.78 is 11.8. The van der Waals surface area contributed by atoms with Crippen molar-refractivity contribution in [1.29, 1.82) is 5.26 Å². The second kappa shape index (κ2) is 10.3. The number of anilines is 2. The molecule has 0 radical (unpaired) electrons. The van der Waals surface area contributed by atoms with E-state index in [0.717, 1.165) is 56.2 Å². The molecule has 8 heteroatoms. The zero-order chi connectivity index (χ0) is 24.2. The lowest BCUT2D eigenvalue weighted by atomic mass is 10.0. The number of aryl methyl sites for hydroxylation is 1. The number of rotatable bonds is 5. The van der Waals surface area contributed by atoms with Gasteiger partial charge in [-0.1, -0.05) is 12.1 Å². The molecule has 180 valence electrons. The van der Waals surface area contributed by atoms with Crippen LogP contribution in [-0.4, -0.2) is 74.4 Å². The van der Waals surface area contributed by atoms with Gasteiger partial charge >= 0.3 is 0 Å². The summed E-state index contributed by atoms with van der Waals surface area (Å²) in [5, 5.41) is 9.49. The van der Waals surface area contributed by atoms with Crippen LogP contribution < -0.4 is 14.5 Å². The van der Waals surface area contributed by atoms with Crippen LogP contribution in [0.5, 0.6) is 11.6 Å². The van der Waals surface area contributed by atoms with Gasteiger partial charge in [0.25, 0.3) is 0 Å². The first kappa shape index (κ1) is 23.1. The van der Waals surface area contributed by atoms with Gasteiger partial charge in [0.15, 0.2) is 0 Å². The molecule has 2 aliphatic rings. The normalized spacial score (nSPS) is 16.7. The predicted octanol–water partition coefficient (Wildman–Crippen LogP) is 3.70. The number of aromatic nitrogens is 2. The molecule has 1 aromatic heterocycles. The molecule has 0 unspecified atom stereocenters. The predicted molar refractivity (Wildman–Crippen MR) is 136 cm³/mol. The fourth-order valence-electron chi connectivity index (χ4n) is 4.48. The highest BCUT2D eigenvalue weighted by Crippen LogP contribution is 2.35. The number of morpholine rings is 1. The van der Waals surface area contributed by atoms with Crippen LogP contribution in [0.2, 0.25) is 0 Å². The van der Waals surface area contributed by atoms with E-state index >= 15 is 0 Å². The number of hydrogen-bond donors (Lipinski definition) is 0. The van der Waals surface area contributed by atoms with Crippen molar-refractivity contribution in [2.75, 3.05) is 69.3 Å². The second-order valence-electron chi connectivity index (χ2n) is 8.97. The molecule has 0 N–H and O–H groups in total. The molecule has 2 aromatic carbocycles. The van der Waals surface area contributed by atoms with Crippen LogP contribution in [0.1, 0.15) is 11.4 Å². The largest absolute Gasteiger partial charge is 0.438 e. The minimum Gasteiger partial charge on any atom is -0.438 e. The van der Waals surface area contributed by atoms with E-state index in [9.17, 15) is 5.26 Å². The Balaban J connectivity index is 1.42. The van der Waals surface area contributed by atoms with Crippen LogP contribution in [0.4, 0.5) is 11.5 Å². The number of piperazine rings is 1. The van der Waals surface area contributed by atoms with E-state index in [0.29, 0.717) is 36.2 Å². The van der Waals surface area contributed by atoms with E-state index in [1.54, 1.807) is 6.07 Å². The Morgan fingerprint density at radius 3 is 2.34 bits per heavy atom. The van der Waals surface area contributed by atoms with Crippen molar-refractivity contribution in [3.63, 3.8) is 0 Å². The molecule has 0 amide bonds. The Morgan fingerprint density at radius 1 is 0.886 bits per heavy atom. The van der Waals surface area contributed by atoms with Crippen LogP contribution in [0.15, 0.2) is 48.5 Å². The SMILES string of the molecule is Cc1nc(Oc2cc(C#N)ccc2-c2ccc(N3CCN(C)CC3)cc2)cc(N2CCOCC2)n1. The molecule has 0 spiro atoms. The molecule has 5 rings (SSSR count). The molecular weight excluding hydrogens is 440 g/mol. The van der Waals surface area contributed by atoms with Crippen molar-refractivity contribution in [3.8, 4) is 28.8 Å². The third kappa shape index (κ3) is 5.37. The lowest BCUT2D eigenvalue weighted by Gasteiger charge is -2.34. The van der Waals surface area contributed by atoms with E-state index in [1.807, 2.05) is 25.1 Å². The minimum absolute atomic E-state index is 0.462. The van der Waals surface area contributed by atoms with Gasteiger partial charge in [-0.25, -0.2) is 4.98 Å². The summed E-state index contributed by atoms with van der Waals surface area (Å²) in [7, 11) is 2.16. The Bertz CT molecular complexity index is 1210. The van der Waals surface area contributed by atoms with E-state index in [1.165, 1.54) is 5.69 Å². The minimum atomic E-state index is 0.462. The average molecular weight is 471 g/mol. The number of hydrogen-bond acceptors (Lipinski definition) is 8. The van der Waals surface area contributed by atoms with Gasteiger partial charge in [0, 0.05) is 56.6 Å². The van der Waals surface area contributed by atoms with Crippen molar-refractivity contribution < 1.29 is 9.47 Å². The average Bonchev–Trinajstić information content (AvgIpc) is 2.89. The maximum absolute atomic E-state index is 9.49. The van der Waals surface area contributed by atoms with Crippen molar-refractivity contribution in [3.05, 3.63) is 59.9 Å². The smallest absolute Gasteiger partial charge is 0.224 e. The van der Waals surface area contributed by atoms with E-state index in [-0.39, 0.29) is 0 Å². The van der Waals surface area contributed by atoms with Crippen molar-refractivity contribution >= 4 is 11.5 Å². The van der Waals surface area contributed by atoms with E-state index in [4.69, 9.17) is 9.47 Å². The number of ether oxygens (including phenoxy) is 2. The van der Waals surface area contributed by atoms with Crippen LogP contribution in [0.25, 0.3) is 11.1 Å². The summed E-state index contributed by atoms with van der Waals surface area (Å²) in [5.74, 6) is 2.52. The van der Waals surface area contributed by atoms with Gasteiger partial charge in [-0.3, -0.25) is 0 Å². The van der Waals surface area contributed by atoms with E-state index in [2.05, 4.69) is 62.1 Å². The Hall–Kier alpha value is -3.67. The zero-order valence-electron chi connectivity index (χ0n) is 20.3. The standard InChI is InChI=1S/C27H30N6O2/c1-20-29-26(33-13-15-34-16-14-33)18-27(30-20)35-25-17-21(19-28)3-8-24(25)22-4-6-23(7-5-22)32-11-9-31(2)10-12-32/h3-8,17-18H,9-16H2,1-2H3. The lowest BCUT2D eigenvalue weighted by molar-refractivity contribution is 0.122. The van der Waals surface area contributed by atoms with Crippen LogP contribution >= 0.6 is 0 Å². The molecule has 35 heavy (non-hydrogen) atoms. The zero-order valence-corrected chi connectivity index (χ0v) is 20.3. The highest BCUT2D eigenvalue weighted by Gasteiger charge is 2.17. The van der Waals surface area contributed by atoms with Crippen LogP contribution in [0.3, 0.4) is 0 Å². The molecule has 2 aliphatic heterocycles. The number of nitriles is 1. The lowest BCUT2D eigenvalue weighted by Crippen LogP contribution is -2.44. The highest BCUT2D eigenvalue weighted by atomic mass is 16.5. The Morgan fingerprint density at radius 2 is 1.63 bits per heavy atom. The number of benzene rings is 2. The molecule has 0 saturated carbocycles. The highest BCUT2D eigenvalue weighted by molar-refractivity contribution is 5.73. The van der Waals surface area contributed by atoms with Crippen LogP contribution in [0, 0.1) is 18.3 Å². The second-order valence-corrected chi connectivity index (χ2v) is 8.97. The summed E-state index contributed by atoms with van der Waals surface area (Å²) in [4.78, 5) is 16.0. The quantitative estimate of drug-likeness (QED) is 0.559. The summed E-state index contributed by atoms with van der Waals surface area (Å²) in [6, 6.07) is 18.2. The molecule has 8 nitrogen and oxygen atoms in total. The molecule has 2 saturated heterocycles. The van der Waals surface area contributed by atoms with Gasteiger partial charge in [0.2, 0.25) is 5.88 Å². The maximum Gasteiger partial charge on any atom is 0.224 e. The van der Waals surface area contributed by atoms with Gasteiger partial charge in [-0.15, -0.1) is 0 Å². The fraction of sp³-hybridized carbons (Fsp3) is 0.370. The molecule has 2 fully saturated rings. The van der Waals surface area contributed by atoms with Crippen molar-refractivity contribution in [2.45, 2.75) is 6.92 Å². The van der Waals surface area contributed by atoms with Gasteiger partial charge in [-0.05, 0) is 49.9 Å². The van der Waals surface area contributed by atoms with Gasteiger partial charge in [0.1, 0.15) is 17.4 Å². The first-order chi connectivity index (χ1) is 17.1. The fourth-order valence-corrected chi connectivity index (χ4v) is 4.48. The monoisotopic (exact) mass is 470 g/mol. The third-order valence-corrected chi connectivity index (χ3v) is 6.51. The van der Waals surface area contributed by atoms with E-state index < -0.39 is 0 Å². The Kier molecular flexibility index (Phi) is 6.80. The summed E-state index contributed by atoms with van der Waals surface area (Å²) in [6.45, 7) is 8.98. The van der Waals surface area contributed by atoms with Crippen LogP contribution in [-0.2, 0) is 4.74 Å². The van der Waals surface area contributed by atoms with Gasteiger partial charge in [0.05, 0.1) is 24.8 Å². The molecule has 0 bridgehead atoms. The van der Waals surface area contributed by atoms with Crippen molar-refractivity contribution in [1.82, 2.24) is 14.9 Å². The summed E-state index contributed by atoms with van der Waals surface area (Å²) >= 11 is 0. The molecule has 3 heterocycles. The Labute approximate surface area is 206 Å². The van der Waals surface area contributed by atoms with Gasteiger partial charge < -0.3 is 24.2 Å². The molecular formula is C27H30N6O2. The summed E-state index contributed by atoms with van der Waals surface area (Å²) in [6.07, 6.45) is 0. The number of nitrogens with zero attached hydrogens (tertiary/aromatic N) is 6. The molecule has 0 aliphatic carbocycles. The number of likely N-dealkylation sites (N-methyl/N-ethyl adjacent to an activating group) is 1. The topological polar surface area (TPSA) is 77.8 Å². The maximum atomic E-state index is 9.49.